The molecule has 0 aliphatic carbocycles. The molecule has 29 heavy (non-hydrogen) atoms. The molecule has 3 N–H and O–H groups in total. The Balaban J connectivity index is 2.41. The maximum absolute atomic E-state index is 14.1. The van der Waals surface area contributed by atoms with Gasteiger partial charge >= 0.3 is 0 Å². The average Bonchev–Trinajstić information content (AvgIpc) is 2.92. The minimum absolute atomic E-state index is 0.0877. The quantitative estimate of drug-likeness (QED) is 0.742. The molecular weight excluding hydrogens is 391 g/mol. The largest absolute Gasteiger partial charge is 0.354 e. The van der Waals surface area contributed by atoms with E-state index in [4.69, 9.17) is 5.10 Å². The fraction of sp³-hybridized carbons (Fsp3) is 0.476. The summed E-state index contributed by atoms with van der Waals surface area (Å²) in [7, 11) is -0.432. The van der Waals surface area contributed by atoms with Crippen LogP contribution in [0.4, 0.5) is 4.39 Å². The van der Waals surface area contributed by atoms with Crippen molar-refractivity contribution in [1.29, 1.82) is 0 Å². The van der Waals surface area contributed by atoms with E-state index in [1.54, 1.807) is 16.8 Å². The predicted octanol–water partition coefficient (Wildman–Crippen LogP) is 2.43. The maximum Gasteiger partial charge on any atom is 0.242 e. The third-order valence-corrected chi connectivity index (χ3v) is 6.62. The number of benzene rings is 1. The van der Waals surface area contributed by atoms with E-state index >= 15 is 0 Å². The molecule has 2 aromatic rings. The molecule has 160 valence electrons. The Bertz CT molecular complexity index is 985. The zero-order valence-corrected chi connectivity index (χ0v) is 19.0. The molecular formula is C21H32FN4O2S+. The summed E-state index contributed by atoms with van der Waals surface area (Å²) >= 11 is 0. The van der Waals surface area contributed by atoms with E-state index in [2.05, 4.69) is 26.5 Å². The van der Waals surface area contributed by atoms with Crippen LogP contribution in [0.25, 0.3) is 0 Å². The lowest BCUT2D eigenvalue weighted by molar-refractivity contribution is -0.353. The van der Waals surface area contributed by atoms with Crippen molar-refractivity contribution in [3.05, 3.63) is 58.7 Å². The lowest BCUT2D eigenvalue weighted by atomic mass is 9.87. The molecule has 0 amide bonds. The van der Waals surface area contributed by atoms with Gasteiger partial charge in [-0.1, -0.05) is 32.9 Å². The number of nitrogens with zero attached hydrogens (tertiary/aromatic N) is 3. The van der Waals surface area contributed by atoms with Crippen molar-refractivity contribution in [3.8, 4) is 0 Å². The number of hydrogen-bond donors (Lipinski definition) is 1. The van der Waals surface area contributed by atoms with Gasteiger partial charge < -0.3 is 5.73 Å². The Kier molecular flexibility index (Phi) is 7.03. The second kappa shape index (κ2) is 8.77. The van der Waals surface area contributed by atoms with E-state index in [1.165, 1.54) is 24.5 Å². The predicted molar refractivity (Wildman–Crippen MR) is 113 cm³/mol. The Morgan fingerprint density at radius 3 is 2.31 bits per heavy atom. The number of rotatable bonds is 7. The summed E-state index contributed by atoms with van der Waals surface area (Å²) in [6.45, 7) is 8.67. The fourth-order valence-corrected chi connectivity index (χ4v) is 4.01. The standard InChI is InChI=1S/C21H31FN4O2S/c1-15-19(13-16-7-9-18(10-8-16)29(27,28)25(5)6)20(21(2,3)4)24-26(15)14-17(22)11-12-23/h7-11H,12-14,23H2,1-6H3/p+1. The first-order valence-corrected chi connectivity index (χ1v) is 11.0. The number of aromatic nitrogens is 2. The Morgan fingerprint density at radius 2 is 1.83 bits per heavy atom. The summed E-state index contributed by atoms with van der Waals surface area (Å²) in [5.41, 5.74) is 7.30. The smallest absolute Gasteiger partial charge is 0.242 e. The Hall–Kier alpha value is -2.03. The first kappa shape index (κ1) is 23.3. The van der Waals surface area contributed by atoms with E-state index in [1.807, 2.05) is 19.1 Å². The van der Waals surface area contributed by atoms with Crippen molar-refractivity contribution in [2.24, 2.45) is 0 Å². The van der Waals surface area contributed by atoms with Gasteiger partial charge in [0.05, 0.1) is 23.7 Å². The lowest BCUT2D eigenvalue weighted by Gasteiger charge is -2.18. The molecule has 1 heterocycles. The van der Waals surface area contributed by atoms with Gasteiger partial charge in [-0.3, -0.25) is 4.68 Å². The number of sulfonamides is 1. The molecule has 0 saturated carbocycles. The van der Waals surface area contributed by atoms with E-state index in [0.29, 0.717) is 13.0 Å². The number of hydrogen-bond acceptors (Lipinski definition) is 3. The molecule has 0 radical (unpaired) electrons. The summed E-state index contributed by atoms with van der Waals surface area (Å²) in [5.74, 6) is -0.254. The zero-order valence-electron chi connectivity index (χ0n) is 18.2. The highest BCUT2D eigenvalue weighted by Gasteiger charge is 2.25. The first-order chi connectivity index (χ1) is 13.4. The van der Waals surface area contributed by atoms with Gasteiger partial charge in [0, 0.05) is 43.3 Å². The van der Waals surface area contributed by atoms with Crippen LogP contribution in [0.2, 0.25) is 0 Å². The molecule has 0 spiro atoms. The zero-order chi connectivity index (χ0) is 22.0. The van der Waals surface area contributed by atoms with Crippen molar-refractivity contribution in [1.82, 2.24) is 14.1 Å². The minimum Gasteiger partial charge on any atom is -0.354 e. The summed E-state index contributed by atoms with van der Waals surface area (Å²) in [6.07, 6.45) is 2.06. The van der Waals surface area contributed by atoms with Crippen LogP contribution in [0.1, 0.15) is 43.3 Å². The van der Waals surface area contributed by atoms with Gasteiger partial charge in [-0.25, -0.2) is 17.1 Å². The second-order valence-corrected chi connectivity index (χ2v) is 10.5. The van der Waals surface area contributed by atoms with Crippen LogP contribution >= 0.6 is 0 Å². The van der Waals surface area contributed by atoms with Crippen molar-refractivity contribution in [3.63, 3.8) is 0 Å². The van der Waals surface area contributed by atoms with Crippen molar-refractivity contribution in [2.75, 3.05) is 20.6 Å². The Morgan fingerprint density at radius 1 is 1.24 bits per heavy atom. The van der Waals surface area contributed by atoms with E-state index < -0.39 is 10.0 Å². The van der Waals surface area contributed by atoms with E-state index in [0.717, 1.165) is 22.5 Å². The highest BCUT2D eigenvalue weighted by molar-refractivity contribution is 7.89. The van der Waals surface area contributed by atoms with Gasteiger partial charge in [0.15, 0.2) is 0 Å². The average molecular weight is 424 g/mol. The van der Waals surface area contributed by atoms with Crippen LogP contribution in [0.3, 0.4) is 0 Å². The Labute approximate surface area is 173 Å². The maximum atomic E-state index is 14.1. The second-order valence-electron chi connectivity index (χ2n) is 8.37. The highest BCUT2D eigenvalue weighted by atomic mass is 32.2. The third kappa shape index (κ3) is 5.32. The van der Waals surface area contributed by atoms with Gasteiger partial charge in [-0.15, -0.1) is 0 Å². The fourth-order valence-electron chi connectivity index (χ4n) is 3.11. The molecule has 0 bridgehead atoms. The first-order valence-electron chi connectivity index (χ1n) is 9.60. The third-order valence-electron chi connectivity index (χ3n) is 4.79. The van der Waals surface area contributed by atoms with Crippen LogP contribution in [0.15, 0.2) is 41.1 Å². The van der Waals surface area contributed by atoms with Crippen LogP contribution in [-0.4, -0.2) is 43.1 Å². The molecule has 0 unspecified atom stereocenters. The minimum atomic E-state index is -3.46. The summed E-state index contributed by atoms with van der Waals surface area (Å²) in [5, 5.41) is 4.69. The van der Waals surface area contributed by atoms with Crippen molar-refractivity contribution in [2.45, 2.75) is 51.0 Å². The molecule has 2 rings (SSSR count). The van der Waals surface area contributed by atoms with Gasteiger partial charge in [-0.05, 0) is 24.6 Å². The van der Waals surface area contributed by atoms with Gasteiger partial charge in [-0.2, -0.15) is 5.10 Å². The number of halogens is 1. The summed E-state index contributed by atoms with van der Waals surface area (Å²) < 4.78 is 41.5. The van der Waals surface area contributed by atoms with Gasteiger partial charge in [0.25, 0.3) is 0 Å². The topological polar surface area (TPSA) is 82.8 Å². The SMILES string of the molecule is Cc1c(Cc2ccc(S(=O)(=O)N(C)C)cc2)c(C(C)(C)C)nn1CC(F)=CC[NH3+]. The normalized spacial score (nSPS) is 13.3. The molecule has 1 aromatic carbocycles. The van der Waals surface area contributed by atoms with Gasteiger partial charge in [0.2, 0.25) is 10.0 Å². The number of allylic oxidation sites excluding steroid dienone is 1. The molecule has 6 nitrogen and oxygen atoms in total. The van der Waals surface area contributed by atoms with E-state index in [9.17, 15) is 12.8 Å². The van der Waals surface area contributed by atoms with Crippen molar-refractivity contribution < 1.29 is 18.5 Å². The van der Waals surface area contributed by atoms with Crippen LogP contribution in [0.5, 0.6) is 0 Å². The summed E-state index contributed by atoms with van der Waals surface area (Å²) in [4.78, 5) is 0.259. The highest BCUT2D eigenvalue weighted by Crippen LogP contribution is 2.29. The van der Waals surface area contributed by atoms with Crippen molar-refractivity contribution >= 4 is 10.0 Å². The molecule has 0 atom stereocenters. The lowest BCUT2D eigenvalue weighted by Crippen LogP contribution is -2.49. The molecule has 8 heteroatoms. The molecule has 1 aromatic heterocycles. The van der Waals surface area contributed by atoms with Crippen LogP contribution in [-0.2, 0) is 28.4 Å². The molecule has 0 aliphatic rings. The summed E-state index contributed by atoms with van der Waals surface area (Å²) in [6, 6.07) is 6.89. The van der Waals surface area contributed by atoms with Crippen LogP contribution in [0, 0.1) is 6.92 Å². The van der Waals surface area contributed by atoms with E-state index in [-0.39, 0.29) is 22.7 Å². The molecule has 0 saturated heterocycles. The molecule has 0 aliphatic heterocycles. The van der Waals surface area contributed by atoms with Crippen LogP contribution < -0.4 is 5.73 Å². The monoisotopic (exact) mass is 423 g/mol. The number of quaternary nitrogens is 1. The van der Waals surface area contributed by atoms with Gasteiger partial charge in [0.1, 0.15) is 5.83 Å². The molecule has 0 fully saturated rings.